The zero-order valence-corrected chi connectivity index (χ0v) is 16.6. The zero-order valence-electron chi connectivity index (χ0n) is 15.0. The summed E-state index contributed by atoms with van der Waals surface area (Å²) < 4.78 is 9.84. The first kappa shape index (κ1) is 31.5. The van der Waals surface area contributed by atoms with Crippen molar-refractivity contribution in [3.05, 3.63) is 0 Å². The minimum atomic E-state index is 0. The van der Waals surface area contributed by atoms with Crippen molar-refractivity contribution in [2.75, 3.05) is 45.9 Å². The van der Waals surface area contributed by atoms with E-state index in [-0.39, 0.29) is 18.4 Å². The van der Waals surface area contributed by atoms with Gasteiger partial charge >= 0.3 is 0 Å². The molecule has 0 fully saturated rings. The smallest absolute Gasteiger partial charge is 0.234 e. The van der Waals surface area contributed by atoms with Gasteiger partial charge in [-0.15, -0.1) is 17.5 Å². The number of amidine groups is 1. The van der Waals surface area contributed by atoms with Crippen LogP contribution in [0, 0.1) is 0 Å². The quantitative estimate of drug-likeness (QED) is 0.0860. The Morgan fingerprint density at radius 2 is 1.48 bits per heavy atom. The molecule has 0 unspecified atom stereocenters. The average Bonchev–Trinajstić information content (AvgIpc) is 2.62. The Kier molecular flexibility index (Phi) is 38.7. The van der Waals surface area contributed by atoms with Crippen molar-refractivity contribution in [1.29, 1.82) is 0 Å². The van der Waals surface area contributed by atoms with E-state index in [9.17, 15) is 0 Å². The van der Waals surface area contributed by atoms with E-state index in [1.54, 1.807) is 0 Å². The number of hydrazone groups is 2. The molecule has 0 amide bonds. The molecule has 0 aromatic rings. The van der Waals surface area contributed by atoms with Crippen molar-refractivity contribution in [1.82, 2.24) is 5.48 Å². The SMILES string of the molecule is CCOCCON.CCOCCONC(N)=NN.CSC(N)=NN.Cl. The first-order chi connectivity index (χ1) is 11.5. The van der Waals surface area contributed by atoms with E-state index >= 15 is 0 Å². The van der Waals surface area contributed by atoms with Gasteiger partial charge in [-0.2, -0.15) is 5.10 Å². The number of halogens is 1. The van der Waals surface area contributed by atoms with Crippen LogP contribution in [0.2, 0.25) is 0 Å². The number of ether oxygens (including phenoxy) is 2. The Morgan fingerprint density at radius 3 is 1.80 bits per heavy atom. The lowest BCUT2D eigenvalue weighted by molar-refractivity contribution is 0.0246. The monoisotopic (exact) mass is 408 g/mol. The van der Waals surface area contributed by atoms with Crippen LogP contribution in [-0.4, -0.2) is 57.0 Å². The third kappa shape index (κ3) is 39.5. The predicted molar refractivity (Wildman–Crippen MR) is 105 cm³/mol. The summed E-state index contributed by atoms with van der Waals surface area (Å²) in [6, 6.07) is 0. The van der Waals surface area contributed by atoms with Crippen LogP contribution < -0.4 is 34.5 Å². The largest absolute Gasteiger partial charge is 0.379 e. The van der Waals surface area contributed by atoms with Gasteiger partial charge in [-0.3, -0.25) is 4.84 Å². The normalized spacial score (nSPS) is 10.6. The van der Waals surface area contributed by atoms with Crippen LogP contribution in [0.5, 0.6) is 0 Å². The Morgan fingerprint density at radius 1 is 0.960 bits per heavy atom. The number of hydrogen-bond acceptors (Lipinski definition) is 10. The van der Waals surface area contributed by atoms with Crippen LogP contribution in [0.1, 0.15) is 13.8 Å². The van der Waals surface area contributed by atoms with Crippen LogP contribution in [0.3, 0.4) is 0 Å². The second-order valence-electron chi connectivity index (χ2n) is 3.40. The highest BCUT2D eigenvalue weighted by Gasteiger charge is 1.88. The summed E-state index contributed by atoms with van der Waals surface area (Å²) in [6.45, 7) is 7.22. The van der Waals surface area contributed by atoms with E-state index in [2.05, 4.69) is 26.4 Å². The van der Waals surface area contributed by atoms with Gasteiger partial charge in [0.2, 0.25) is 5.96 Å². The summed E-state index contributed by atoms with van der Waals surface area (Å²) in [4.78, 5) is 9.00. The molecule has 0 aliphatic carbocycles. The van der Waals surface area contributed by atoms with E-state index in [0.29, 0.717) is 38.2 Å². The summed E-state index contributed by atoms with van der Waals surface area (Å²) in [5.41, 5.74) is 12.5. The van der Waals surface area contributed by atoms with Crippen LogP contribution in [0.25, 0.3) is 0 Å². The summed E-state index contributed by atoms with van der Waals surface area (Å²) in [6.07, 6.45) is 1.81. The number of nitrogens with zero attached hydrogens (tertiary/aromatic N) is 2. The summed E-state index contributed by atoms with van der Waals surface area (Å²) in [5.74, 6) is 14.3. The molecule has 0 rings (SSSR count). The van der Waals surface area contributed by atoms with Crippen molar-refractivity contribution in [3.63, 3.8) is 0 Å². The molecule has 0 spiro atoms. The Bertz CT molecular complexity index is 299. The molecule has 154 valence electrons. The molecule has 25 heavy (non-hydrogen) atoms. The van der Waals surface area contributed by atoms with E-state index < -0.39 is 0 Å². The van der Waals surface area contributed by atoms with Crippen LogP contribution in [0.4, 0.5) is 0 Å². The Hall–Kier alpha value is -1.22. The molecule has 0 atom stereocenters. The van der Waals surface area contributed by atoms with Gasteiger partial charge in [-0.05, 0) is 20.1 Å². The van der Waals surface area contributed by atoms with Gasteiger partial charge in [0.1, 0.15) is 0 Å². The van der Waals surface area contributed by atoms with Crippen LogP contribution >= 0.6 is 24.2 Å². The molecule has 0 bridgehead atoms. The van der Waals surface area contributed by atoms with E-state index in [1.807, 2.05) is 20.1 Å². The zero-order chi connectivity index (χ0) is 19.1. The van der Waals surface area contributed by atoms with E-state index in [0.717, 1.165) is 6.61 Å². The summed E-state index contributed by atoms with van der Waals surface area (Å²) in [5, 5.41) is 6.70. The molecular formula is C11H33ClN8O4S. The number of rotatable bonds is 9. The summed E-state index contributed by atoms with van der Waals surface area (Å²) in [7, 11) is 0. The lowest BCUT2D eigenvalue weighted by Crippen LogP contribution is -2.33. The summed E-state index contributed by atoms with van der Waals surface area (Å²) >= 11 is 1.33. The molecule has 0 heterocycles. The Balaban J connectivity index is -0.000000138. The van der Waals surface area contributed by atoms with Crippen molar-refractivity contribution in [3.8, 4) is 0 Å². The lowest BCUT2D eigenvalue weighted by Gasteiger charge is -2.04. The van der Waals surface area contributed by atoms with Crippen molar-refractivity contribution in [2.45, 2.75) is 13.8 Å². The highest BCUT2D eigenvalue weighted by Crippen LogP contribution is 1.85. The molecule has 0 aliphatic rings. The van der Waals surface area contributed by atoms with E-state index in [1.165, 1.54) is 11.8 Å². The second-order valence-corrected chi connectivity index (χ2v) is 4.23. The van der Waals surface area contributed by atoms with Gasteiger partial charge in [0.05, 0.1) is 26.4 Å². The highest BCUT2D eigenvalue weighted by atomic mass is 35.5. The molecule has 0 saturated carbocycles. The molecule has 0 aliphatic heterocycles. The average molecular weight is 409 g/mol. The van der Waals surface area contributed by atoms with Crippen LogP contribution in [-0.2, 0) is 19.1 Å². The van der Waals surface area contributed by atoms with Gasteiger partial charge in [0, 0.05) is 13.2 Å². The highest BCUT2D eigenvalue weighted by molar-refractivity contribution is 8.13. The molecule has 0 saturated heterocycles. The standard InChI is InChI=1S/C5H14N4O2.C4H11NO2.C2H7N3S.ClH/c1-2-10-3-4-11-9-5(6)8-7;1-2-6-3-4-7-5;1-6-2(3)5-4;/h2-4,7H2,1H3,(H3,6,8,9);2-5H2,1H3;4H2,1H3,(H2,3,5);1H. The topological polar surface area (TPSA) is 204 Å². The second kappa shape index (κ2) is 30.6. The van der Waals surface area contributed by atoms with Crippen molar-refractivity contribution < 1.29 is 19.1 Å². The number of nitrogens with one attached hydrogen (secondary N) is 1. The maximum absolute atomic E-state index is 5.14. The molecular weight excluding hydrogens is 376 g/mol. The molecule has 11 N–H and O–H groups in total. The Labute approximate surface area is 159 Å². The van der Waals surface area contributed by atoms with Crippen molar-refractivity contribution in [2.24, 2.45) is 39.3 Å². The number of guanidine groups is 1. The van der Waals surface area contributed by atoms with Gasteiger partial charge < -0.3 is 37.5 Å². The maximum atomic E-state index is 5.14. The number of hydrogen-bond donors (Lipinski definition) is 6. The first-order valence-electron chi connectivity index (χ1n) is 6.99. The van der Waals surface area contributed by atoms with Crippen LogP contribution in [0.15, 0.2) is 10.2 Å². The maximum Gasteiger partial charge on any atom is 0.234 e. The fourth-order valence-electron chi connectivity index (χ4n) is 0.700. The number of thioether (sulfide) groups is 1. The van der Waals surface area contributed by atoms with Gasteiger partial charge in [0.25, 0.3) is 0 Å². The third-order valence-electron chi connectivity index (χ3n) is 1.74. The molecule has 0 aromatic carbocycles. The first-order valence-corrected chi connectivity index (χ1v) is 8.21. The molecule has 14 heteroatoms. The lowest BCUT2D eigenvalue weighted by atomic mass is 10.7. The third-order valence-corrected chi connectivity index (χ3v) is 2.26. The van der Waals surface area contributed by atoms with Gasteiger partial charge in [-0.1, -0.05) is 11.8 Å². The minimum Gasteiger partial charge on any atom is -0.379 e. The molecule has 0 radical (unpaired) electrons. The van der Waals surface area contributed by atoms with Gasteiger partial charge in [-0.25, -0.2) is 11.4 Å². The molecule has 0 aromatic heterocycles. The fourth-order valence-corrected chi connectivity index (χ4v) is 0.806. The number of nitrogens with two attached hydrogens (primary N) is 5. The minimum absolute atomic E-state index is 0. The van der Waals surface area contributed by atoms with Crippen molar-refractivity contribution >= 4 is 35.3 Å². The fraction of sp³-hybridized carbons (Fsp3) is 0.818. The van der Waals surface area contributed by atoms with E-state index in [4.69, 9.17) is 37.5 Å². The molecule has 12 nitrogen and oxygen atoms in total. The number of hydroxylamine groups is 1. The van der Waals surface area contributed by atoms with Gasteiger partial charge in [0.15, 0.2) is 5.17 Å². The predicted octanol–water partition coefficient (Wildman–Crippen LogP) is -1.39.